The normalized spacial score (nSPS) is 43.5. The number of esters is 1. The summed E-state index contributed by atoms with van der Waals surface area (Å²) in [6, 6.07) is 0. The summed E-state index contributed by atoms with van der Waals surface area (Å²) in [7, 11) is 0. The molecule has 0 bridgehead atoms. The van der Waals surface area contributed by atoms with Gasteiger partial charge in [0.25, 0.3) is 0 Å². The van der Waals surface area contributed by atoms with Gasteiger partial charge in [0.2, 0.25) is 0 Å². The fourth-order valence-corrected chi connectivity index (χ4v) is 9.80. The average molecular weight is 473 g/mol. The second kappa shape index (κ2) is 10.5. The molecule has 34 heavy (non-hydrogen) atoms. The zero-order valence-corrected chi connectivity index (χ0v) is 23.7. The van der Waals surface area contributed by atoms with E-state index in [1.807, 2.05) is 6.92 Å². The van der Waals surface area contributed by atoms with Gasteiger partial charge >= 0.3 is 5.97 Å². The summed E-state index contributed by atoms with van der Waals surface area (Å²) in [5.74, 6) is 6.36. The summed E-state index contributed by atoms with van der Waals surface area (Å²) in [5, 5.41) is 0. The highest BCUT2D eigenvalue weighted by Crippen LogP contribution is 2.68. The molecule has 2 nitrogen and oxygen atoms in total. The molecule has 4 fully saturated rings. The smallest absolute Gasteiger partial charge is 0.308 e. The van der Waals surface area contributed by atoms with Crippen molar-refractivity contribution in [3.05, 3.63) is 0 Å². The second-order valence-corrected chi connectivity index (χ2v) is 14.3. The maximum absolute atomic E-state index is 12.4. The number of hydrogen-bond acceptors (Lipinski definition) is 2. The first-order valence-electron chi connectivity index (χ1n) is 15.3. The van der Waals surface area contributed by atoms with Crippen LogP contribution in [0, 0.1) is 58.2 Å². The van der Waals surface area contributed by atoms with Crippen LogP contribution in [0.1, 0.15) is 132 Å². The van der Waals surface area contributed by atoms with Crippen LogP contribution < -0.4 is 0 Å². The van der Waals surface area contributed by atoms with Crippen LogP contribution in [0.25, 0.3) is 0 Å². The number of ether oxygens (including phenoxy) is 1. The molecule has 10 atom stereocenters. The maximum Gasteiger partial charge on any atom is 0.308 e. The molecular weight excluding hydrogens is 416 g/mol. The molecule has 0 spiro atoms. The maximum atomic E-state index is 12.4. The van der Waals surface area contributed by atoms with Gasteiger partial charge in [-0.2, -0.15) is 0 Å². The third-order valence-electron chi connectivity index (χ3n) is 12.1. The van der Waals surface area contributed by atoms with Gasteiger partial charge in [-0.15, -0.1) is 0 Å². The van der Waals surface area contributed by atoms with Gasteiger partial charge in [0, 0.05) is 0 Å². The van der Waals surface area contributed by atoms with Gasteiger partial charge < -0.3 is 4.74 Å². The predicted molar refractivity (Wildman–Crippen MR) is 142 cm³/mol. The lowest BCUT2D eigenvalue weighted by Gasteiger charge is -2.61. The average Bonchev–Trinajstić information content (AvgIpc) is 3.15. The molecule has 0 aliphatic heterocycles. The molecule has 0 aromatic heterocycles. The van der Waals surface area contributed by atoms with E-state index in [0.717, 1.165) is 60.7 Å². The Morgan fingerprint density at radius 3 is 2.29 bits per heavy atom. The van der Waals surface area contributed by atoms with Crippen molar-refractivity contribution in [2.45, 2.75) is 138 Å². The van der Waals surface area contributed by atoms with E-state index in [-0.39, 0.29) is 18.0 Å². The van der Waals surface area contributed by atoms with Crippen LogP contribution in [0.2, 0.25) is 0 Å². The van der Waals surface area contributed by atoms with E-state index in [9.17, 15) is 4.79 Å². The highest BCUT2D eigenvalue weighted by atomic mass is 16.5. The summed E-state index contributed by atoms with van der Waals surface area (Å²) >= 11 is 0. The minimum atomic E-state index is 0.0396. The van der Waals surface area contributed by atoms with Crippen molar-refractivity contribution in [1.29, 1.82) is 0 Å². The summed E-state index contributed by atoms with van der Waals surface area (Å²) in [5.41, 5.74) is 1.06. The molecule has 0 amide bonds. The molecule has 4 saturated carbocycles. The van der Waals surface area contributed by atoms with Crippen molar-refractivity contribution in [1.82, 2.24) is 0 Å². The van der Waals surface area contributed by atoms with Gasteiger partial charge in [-0.1, -0.05) is 67.7 Å². The van der Waals surface area contributed by atoms with Crippen LogP contribution >= 0.6 is 0 Å². The van der Waals surface area contributed by atoms with Gasteiger partial charge in [-0.05, 0) is 116 Å². The van der Waals surface area contributed by atoms with Crippen molar-refractivity contribution >= 4 is 5.97 Å². The van der Waals surface area contributed by atoms with Crippen LogP contribution in [0.4, 0.5) is 0 Å². The summed E-state index contributed by atoms with van der Waals surface area (Å²) < 4.78 is 6.01. The number of rotatable bonds is 8. The minimum absolute atomic E-state index is 0.0396. The molecule has 4 rings (SSSR count). The number of carbonyl (C=O) groups is 1. The Morgan fingerprint density at radius 2 is 1.59 bits per heavy atom. The Kier molecular flexibility index (Phi) is 8.16. The molecule has 4 aliphatic rings. The van der Waals surface area contributed by atoms with Crippen LogP contribution in [0.5, 0.6) is 0 Å². The van der Waals surface area contributed by atoms with E-state index in [1.54, 1.807) is 0 Å². The van der Waals surface area contributed by atoms with E-state index in [2.05, 4.69) is 41.5 Å². The Balaban J connectivity index is 1.40. The van der Waals surface area contributed by atoms with Crippen LogP contribution in [0.15, 0.2) is 0 Å². The standard InChI is InChI=1S/C32H56O2/c1-8-22(4)30(33)34-25-16-18-31(6)24(20-25)12-13-26-28-15-14-27(23(5)11-9-10-21(2)3)32(28,7)19-17-29(26)31/h21-29H,8-20H2,1-7H3. The molecule has 10 unspecified atom stereocenters. The first kappa shape index (κ1) is 26.5. The number of hydrogen-bond donors (Lipinski definition) is 0. The lowest BCUT2D eigenvalue weighted by Crippen LogP contribution is -2.54. The first-order chi connectivity index (χ1) is 16.1. The molecule has 0 N–H and O–H groups in total. The molecule has 0 radical (unpaired) electrons. The van der Waals surface area contributed by atoms with Gasteiger partial charge in [0.1, 0.15) is 6.10 Å². The van der Waals surface area contributed by atoms with Crippen molar-refractivity contribution in [2.24, 2.45) is 58.2 Å². The van der Waals surface area contributed by atoms with E-state index in [1.165, 1.54) is 64.2 Å². The van der Waals surface area contributed by atoms with Crippen molar-refractivity contribution in [3.8, 4) is 0 Å². The molecule has 0 heterocycles. The minimum Gasteiger partial charge on any atom is -0.462 e. The molecular formula is C32H56O2. The Hall–Kier alpha value is -0.530. The van der Waals surface area contributed by atoms with E-state index in [0.29, 0.717) is 10.8 Å². The largest absolute Gasteiger partial charge is 0.462 e. The topological polar surface area (TPSA) is 26.3 Å². The van der Waals surface area contributed by atoms with Gasteiger partial charge in [0.15, 0.2) is 0 Å². The Morgan fingerprint density at radius 1 is 0.882 bits per heavy atom. The number of fused-ring (bicyclic) bond motifs is 5. The van der Waals surface area contributed by atoms with Gasteiger partial charge in [-0.25, -0.2) is 0 Å². The highest BCUT2D eigenvalue weighted by Gasteiger charge is 2.60. The molecule has 0 saturated heterocycles. The van der Waals surface area contributed by atoms with Crippen LogP contribution in [-0.2, 0) is 9.53 Å². The third-order valence-corrected chi connectivity index (χ3v) is 12.1. The van der Waals surface area contributed by atoms with Crippen molar-refractivity contribution in [2.75, 3.05) is 0 Å². The highest BCUT2D eigenvalue weighted by molar-refractivity contribution is 5.72. The van der Waals surface area contributed by atoms with Gasteiger partial charge in [-0.3, -0.25) is 4.79 Å². The number of carbonyl (C=O) groups excluding carboxylic acids is 1. The summed E-state index contributed by atoms with van der Waals surface area (Å²) in [6.45, 7) is 16.8. The lowest BCUT2D eigenvalue weighted by molar-refractivity contribution is -0.166. The predicted octanol–water partition coefficient (Wildman–Crippen LogP) is 9.07. The Bertz CT molecular complexity index is 699. The van der Waals surface area contributed by atoms with E-state index >= 15 is 0 Å². The second-order valence-electron chi connectivity index (χ2n) is 14.3. The lowest BCUT2D eigenvalue weighted by atomic mass is 9.44. The van der Waals surface area contributed by atoms with E-state index in [4.69, 9.17) is 4.74 Å². The molecule has 196 valence electrons. The van der Waals surface area contributed by atoms with E-state index < -0.39 is 0 Å². The first-order valence-corrected chi connectivity index (χ1v) is 15.3. The third kappa shape index (κ3) is 4.87. The summed E-state index contributed by atoms with van der Waals surface area (Å²) in [4.78, 5) is 12.4. The summed E-state index contributed by atoms with van der Waals surface area (Å²) in [6.07, 6.45) is 17.5. The molecule has 2 heteroatoms. The molecule has 4 aliphatic carbocycles. The van der Waals surface area contributed by atoms with Crippen LogP contribution in [-0.4, -0.2) is 12.1 Å². The fraction of sp³-hybridized carbons (Fsp3) is 0.969. The quantitative estimate of drug-likeness (QED) is 0.329. The van der Waals surface area contributed by atoms with Crippen molar-refractivity contribution in [3.63, 3.8) is 0 Å². The molecule has 0 aromatic carbocycles. The van der Waals surface area contributed by atoms with Gasteiger partial charge in [0.05, 0.1) is 5.92 Å². The van der Waals surface area contributed by atoms with Crippen LogP contribution in [0.3, 0.4) is 0 Å². The molecule has 0 aromatic rings. The van der Waals surface area contributed by atoms with Crippen molar-refractivity contribution < 1.29 is 9.53 Å². The zero-order valence-electron chi connectivity index (χ0n) is 23.7. The zero-order chi connectivity index (χ0) is 24.7. The SMILES string of the molecule is CCC(C)C(=O)OC1CCC2(C)C(CCC3C2CCC2(C)C(C(C)CCCC(C)C)CCC32)C1. The fourth-order valence-electron chi connectivity index (χ4n) is 9.80. The Labute approximate surface area is 211 Å². The monoisotopic (exact) mass is 472 g/mol.